The first-order valence-electron chi connectivity index (χ1n) is 13.9. The topological polar surface area (TPSA) is 119 Å². The molecule has 214 valence electrons. The molecule has 6 rings (SSSR count). The third kappa shape index (κ3) is 5.73. The van der Waals surface area contributed by atoms with E-state index in [1.807, 2.05) is 17.0 Å². The SMILES string of the molecule is NS(=O)(=O)c1ccc(C(=O)N2C[C@@H]3CN(C(=O)c4cc(OCC5CCOCC5)cc(C5CC5)c4)C[C@H]3C2)c(F)c1. The van der Waals surface area contributed by atoms with Gasteiger partial charge in [-0.15, -0.1) is 0 Å². The number of nitrogens with zero attached hydrogens (tertiary/aromatic N) is 2. The van der Waals surface area contributed by atoms with Gasteiger partial charge in [0.15, 0.2) is 0 Å². The highest BCUT2D eigenvalue weighted by Crippen LogP contribution is 2.42. The number of halogens is 1. The number of hydrogen-bond acceptors (Lipinski definition) is 6. The second-order valence-corrected chi connectivity index (χ2v) is 13.1. The predicted molar refractivity (Wildman–Crippen MR) is 144 cm³/mol. The summed E-state index contributed by atoms with van der Waals surface area (Å²) in [6, 6.07) is 9.00. The van der Waals surface area contributed by atoms with Crippen LogP contribution in [0.1, 0.15) is 57.9 Å². The van der Waals surface area contributed by atoms with E-state index in [0.29, 0.717) is 50.2 Å². The highest BCUT2D eigenvalue weighted by atomic mass is 32.2. The number of carbonyl (C=O) groups is 2. The lowest BCUT2D eigenvalue weighted by molar-refractivity contribution is 0.0497. The van der Waals surface area contributed by atoms with Gasteiger partial charge in [0.2, 0.25) is 10.0 Å². The van der Waals surface area contributed by atoms with E-state index in [0.717, 1.165) is 68.4 Å². The van der Waals surface area contributed by atoms with Crippen molar-refractivity contribution >= 4 is 21.8 Å². The molecule has 2 atom stereocenters. The Balaban J connectivity index is 1.10. The lowest BCUT2D eigenvalue weighted by Gasteiger charge is -2.24. The molecule has 9 nitrogen and oxygen atoms in total. The van der Waals surface area contributed by atoms with Gasteiger partial charge in [0.25, 0.3) is 11.8 Å². The summed E-state index contributed by atoms with van der Waals surface area (Å²) in [6.45, 7) is 4.00. The molecule has 3 heterocycles. The van der Waals surface area contributed by atoms with E-state index in [9.17, 15) is 22.4 Å². The number of sulfonamides is 1. The maximum Gasteiger partial charge on any atom is 0.256 e. The summed E-state index contributed by atoms with van der Waals surface area (Å²) in [7, 11) is -4.07. The Hall–Kier alpha value is -3.02. The number of primary sulfonamides is 1. The average Bonchev–Trinajstić information content (AvgIpc) is 3.60. The Morgan fingerprint density at radius 1 is 0.925 bits per heavy atom. The van der Waals surface area contributed by atoms with Gasteiger partial charge < -0.3 is 19.3 Å². The number of ether oxygens (including phenoxy) is 2. The summed E-state index contributed by atoms with van der Waals surface area (Å²) in [5.74, 6) is 0.425. The zero-order valence-electron chi connectivity index (χ0n) is 22.3. The van der Waals surface area contributed by atoms with E-state index < -0.39 is 21.7 Å². The van der Waals surface area contributed by atoms with Gasteiger partial charge in [-0.05, 0) is 79.5 Å². The summed E-state index contributed by atoms with van der Waals surface area (Å²) in [5.41, 5.74) is 1.60. The molecule has 0 bridgehead atoms. The minimum atomic E-state index is -4.07. The van der Waals surface area contributed by atoms with Crippen molar-refractivity contribution in [2.75, 3.05) is 46.0 Å². The van der Waals surface area contributed by atoms with E-state index in [2.05, 4.69) is 6.07 Å². The monoisotopic (exact) mass is 571 g/mol. The van der Waals surface area contributed by atoms with Crippen molar-refractivity contribution < 1.29 is 31.9 Å². The van der Waals surface area contributed by atoms with Crippen molar-refractivity contribution in [2.45, 2.75) is 36.5 Å². The number of carbonyl (C=O) groups excluding carboxylic acids is 2. The van der Waals surface area contributed by atoms with Crippen LogP contribution in [-0.2, 0) is 14.8 Å². The van der Waals surface area contributed by atoms with Gasteiger partial charge in [0.1, 0.15) is 11.6 Å². The Morgan fingerprint density at radius 3 is 2.17 bits per heavy atom. The van der Waals surface area contributed by atoms with Crippen LogP contribution >= 0.6 is 0 Å². The normalized spacial score (nSPS) is 23.4. The number of amides is 2. The molecule has 40 heavy (non-hydrogen) atoms. The molecule has 11 heteroatoms. The molecule has 2 N–H and O–H groups in total. The Morgan fingerprint density at radius 2 is 1.57 bits per heavy atom. The molecule has 2 aromatic rings. The van der Waals surface area contributed by atoms with Crippen LogP contribution in [0.25, 0.3) is 0 Å². The van der Waals surface area contributed by atoms with Gasteiger partial charge in [-0.2, -0.15) is 0 Å². The number of rotatable bonds is 7. The van der Waals surface area contributed by atoms with Crippen LogP contribution < -0.4 is 9.88 Å². The summed E-state index contributed by atoms with van der Waals surface area (Å²) in [5, 5.41) is 5.06. The molecule has 0 spiro atoms. The summed E-state index contributed by atoms with van der Waals surface area (Å²) >= 11 is 0. The smallest absolute Gasteiger partial charge is 0.256 e. The number of benzene rings is 2. The molecule has 0 aromatic heterocycles. The Kier molecular flexibility index (Phi) is 7.30. The number of nitrogens with two attached hydrogens (primary N) is 1. The van der Waals surface area contributed by atoms with Crippen LogP contribution in [0.5, 0.6) is 5.75 Å². The largest absolute Gasteiger partial charge is 0.493 e. The molecule has 2 amide bonds. The first-order valence-corrected chi connectivity index (χ1v) is 15.5. The van der Waals surface area contributed by atoms with Crippen LogP contribution in [-0.4, -0.2) is 76.0 Å². The minimum Gasteiger partial charge on any atom is -0.493 e. The zero-order valence-corrected chi connectivity index (χ0v) is 23.1. The first kappa shape index (κ1) is 27.2. The maximum atomic E-state index is 14.6. The van der Waals surface area contributed by atoms with Gasteiger partial charge in [0, 0.05) is 56.8 Å². The molecular weight excluding hydrogens is 537 g/mol. The molecule has 1 saturated carbocycles. The van der Waals surface area contributed by atoms with E-state index in [4.69, 9.17) is 14.6 Å². The summed E-state index contributed by atoms with van der Waals surface area (Å²) < 4.78 is 49.2. The third-order valence-electron chi connectivity index (χ3n) is 8.61. The Labute approximate surface area is 233 Å². The molecular formula is C29H34FN3O6S. The van der Waals surface area contributed by atoms with Gasteiger partial charge in [-0.1, -0.05) is 0 Å². The molecule has 0 radical (unpaired) electrons. The standard InChI is InChI=1S/C29H34FN3O6S/c30-27-12-25(40(31,36)37)3-4-26(27)29(35)33-15-22-13-32(14-23(22)16-33)28(34)21-9-20(19-1-2-19)10-24(11-21)39-17-18-5-7-38-8-6-18/h3-4,9-12,18-19,22-23H,1-2,5-8,13-17H2,(H2,31,36,37)/t22-,23-/m0/s1. The van der Waals surface area contributed by atoms with Crippen LogP contribution in [0.3, 0.4) is 0 Å². The maximum absolute atomic E-state index is 14.6. The van der Waals surface area contributed by atoms with Gasteiger partial charge in [-0.25, -0.2) is 17.9 Å². The highest BCUT2D eigenvalue weighted by Gasteiger charge is 2.44. The van der Waals surface area contributed by atoms with Crippen LogP contribution in [0.4, 0.5) is 4.39 Å². The van der Waals surface area contributed by atoms with Crippen molar-refractivity contribution in [1.29, 1.82) is 0 Å². The van der Waals surface area contributed by atoms with Crippen molar-refractivity contribution in [3.05, 3.63) is 58.9 Å². The molecule has 1 aliphatic carbocycles. The van der Waals surface area contributed by atoms with E-state index >= 15 is 0 Å². The van der Waals surface area contributed by atoms with Gasteiger partial charge in [-0.3, -0.25) is 9.59 Å². The van der Waals surface area contributed by atoms with Crippen molar-refractivity contribution in [2.24, 2.45) is 22.9 Å². The lowest BCUT2D eigenvalue weighted by Crippen LogP contribution is -2.36. The van der Waals surface area contributed by atoms with Crippen molar-refractivity contribution in [1.82, 2.24) is 9.80 Å². The molecule has 3 saturated heterocycles. The first-order chi connectivity index (χ1) is 19.2. The van der Waals surface area contributed by atoms with Crippen molar-refractivity contribution in [3.63, 3.8) is 0 Å². The minimum absolute atomic E-state index is 0.0321. The molecule has 4 aliphatic rings. The number of fused-ring (bicyclic) bond motifs is 1. The van der Waals surface area contributed by atoms with Gasteiger partial charge in [0.05, 0.1) is 17.1 Å². The van der Waals surface area contributed by atoms with E-state index in [1.54, 1.807) is 4.90 Å². The highest BCUT2D eigenvalue weighted by molar-refractivity contribution is 7.89. The average molecular weight is 572 g/mol. The lowest BCUT2D eigenvalue weighted by atomic mass is 10.0. The summed E-state index contributed by atoms with van der Waals surface area (Å²) in [4.78, 5) is 29.7. The molecule has 4 fully saturated rings. The fourth-order valence-corrected chi connectivity index (χ4v) is 6.66. The third-order valence-corrected chi connectivity index (χ3v) is 9.52. The van der Waals surface area contributed by atoms with Gasteiger partial charge >= 0.3 is 0 Å². The zero-order chi connectivity index (χ0) is 28.0. The second kappa shape index (κ2) is 10.8. The van der Waals surface area contributed by atoms with Crippen LogP contribution in [0.15, 0.2) is 41.3 Å². The van der Waals surface area contributed by atoms with Crippen molar-refractivity contribution in [3.8, 4) is 5.75 Å². The second-order valence-electron chi connectivity index (χ2n) is 11.6. The molecule has 0 unspecified atom stereocenters. The van der Waals surface area contributed by atoms with E-state index in [-0.39, 0.29) is 28.2 Å². The Bertz CT molecular complexity index is 1410. The fraction of sp³-hybridized carbons (Fsp3) is 0.517. The van der Waals surface area contributed by atoms with Crippen LogP contribution in [0, 0.1) is 23.6 Å². The molecule has 3 aliphatic heterocycles. The predicted octanol–water partition coefficient (Wildman–Crippen LogP) is 3.00. The fourth-order valence-electron chi connectivity index (χ4n) is 6.13. The molecule has 2 aromatic carbocycles. The summed E-state index contributed by atoms with van der Waals surface area (Å²) in [6.07, 6.45) is 4.22. The van der Waals surface area contributed by atoms with E-state index in [1.165, 1.54) is 0 Å². The number of likely N-dealkylation sites (tertiary alicyclic amines) is 2. The van der Waals surface area contributed by atoms with Crippen LogP contribution in [0.2, 0.25) is 0 Å². The number of hydrogen-bond donors (Lipinski definition) is 1. The quantitative estimate of drug-likeness (QED) is 0.546.